The highest BCUT2D eigenvalue weighted by atomic mass is 16.6. The first-order valence-corrected chi connectivity index (χ1v) is 20.6. The van der Waals surface area contributed by atoms with Gasteiger partial charge in [-0.05, 0) is 77.8 Å². The summed E-state index contributed by atoms with van der Waals surface area (Å²) in [6.07, 6.45) is 32.4. The van der Waals surface area contributed by atoms with E-state index in [4.69, 9.17) is 9.47 Å². The Balaban J connectivity index is 4.07. The summed E-state index contributed by atoms with van der Waals surface area (Å²) < 4.78 is 11.5. The van der Waals surface area contributed by atoms with E-state index in [0.29, 0.717) is 19.4 Å². The number of aliphatic hydroxyl groups is 1. The topological polar surface area (TPSA) is 76.1 Å². The Kier molecular flexibility index (Phi) is 33.9. The molecule has 0 aromatic carbocycles. The van der Waals surface area contributed by atoms with Crippen molar-refractivity contribution in [1.82, 2.24) is 4.90 Å². The van der Waals surface area contributed by atoms with Crippen LogP contribution >= 0.6 is 0 Å². The van der Waals surface area contributed by atoms with E-state index < -0.39 is 0 Å². The fourth-order valence-electron chi connectivity index (χ4n) is 6.47. The summed E-state index contributed by atoms with van der Waals surface area (Å²) in [5.41, 5.74) is -0.300. The van der Waals surface area contributed by atoms with Crippen LogP contribution in [0.15, 0.2) is 0 Å². The van der Waals surface area contributed by atoms with Crippen LogP contribution in [0.1, 0.15) is 214 Å². The molecule has 1 atom stereocenters. The minimum atomic E-state index is -0.300. The summed E-state index contributed by atoms with van der Waals surface area (Å²) in [6, 6.07) is 0. The fourth-order valence-corrected chi connectivity index (χ4v) is 6.47. The van der Waals surface area contributed by atoms with E-state index in [1.54, 1.807) is 0 Å². The number of unbranched alkanes of at least 4 members (excludes halogenated alkanes) is 20. The molecular formula is C41H81NO5. The molecule has 280 valence electrons. The Morgan fingerprint density at radius 3 is 1.40 bits per heavy atom. The monoisotopic (exact) mass is 668 g/mol. The van der Waals surface area contributed by atoms with Crippen molar-refractivity contribution in [1.29, 1.82) is 0 Å². The molecule has 6 heteroatoms. The van der Waals surface area contributed by atoms with Gasteiger partial charge in [0.1, 0.15) is 5.60 Å². The van der Waals surface area contributed by atoms with Crippen molar-refractivity contribution in [2.45, 2.75) is 219 Å². The zero-order valence-corrected chi connectivity index (χ0v) is 32.1. The summed E-state index contributed by atoms with van der Waals surface area (Å²) in [6.45, 7) is 12.5. The van der Waals surface area contributed by atoms with Crippen molar-refractivity contribution >= 4 is 11.9 Å². The molecule has 0 aliphatic rings. The predicted molar refractivity (Wildman–Crippen MR) is 200 cm³/mol. The van der Waals surface area contributed by atoms with Crippen molar-refractivity contribution in [2.24, 2.45) is 0 Å². The first-order chi connectivity index (χ1) is 22.9. The molecule has 47 heavy (non-hydrogen) atoms. The van der Waals surface area contributed by atoms with Crippen LogP contribution in [-0.4, -0.2) is 60.4 Å². The van der Waals surface area contributed by atoms with E-state index in [1.807, 2.05) is 0 Å². The molecule has 0 saturated carbocycles. The molecule has 0 radical (unpaired) electrons. The standard InChI is InChI=1S/C41H81NO5/c1-5-8-11-14-20-26-33-41(4,32-25-19-12-9-6-2)47-40(45)31-24-18-16-22-28-35-42(36-37-43)34-27-21-15-17-23-30-39(44)46-38-29-13-10-7-3/h43H,5-38H2,1-4H3. The van der Waals surface area contributed by atoms with Crippen LogP contribution in [0.2, 0.25) is 0 Å². The number of nitrogens with zero attached hydrogens (tertiary/aromatic N) is 1. The highest BCUT2D eigenvalue weighted by molar-refractivity contribution is 5.70. The predicted octanol–water partition coefficient (Wildman–Crippen LogP) is 11.5. The lowest BCUT2D eigenvalue weighted by molar-refractivity contribution is -0.160. The van der Waals surface area contributed by atoms with Gasteiger partial charge in [-0.15, -0.1) is 0 Å². The molecule has 1 unspecified atom stereocenters. The quantitative estimate of drug-likeness (QED) is 0.0525. The average Bonchev–Trinajstić information content (AvgIpc) is 3.05. The number of ether oxygens (including phenoxy) is 2. The number of hydrogen-bond donors (Lipinski definition) is 1. The molecule has 0 aliphatic carbocycles. The number of esters is 2. The second-order valence-corrected chi connectivity index (χ2v) is 14.5. The number of rotatable bonds is 37. The van der Waals surface area contributed by atoms with Crippen LogP contribution in [0.4, 0.5) is 0 Å². The van der Waals surface area contributed by atoms with Gasteiger partial charge in [0.05, 0.1) is 13.2 Å². The molecule has 0 aromatic rings. The average molecular weight is 668 g/mol. The number of aliphatic hydroxyl groups excluding tert-OH is 1. The summed E-state index contributed by atoms with van der Waals surface area (Å²) in [4.78, 5) is 27.0. The molecule has 6 nitrogen and oxygen atoms in total. The second-order valence-electron chi connectivity index (χ2n) is 14.5. The number of carbonyl (C=O) groups is 2. The van der Waals surface area contributed by atoms with Gasteiger partial charge in [-0.3, -0.25) is 9.59 Å². The maximum atomic E-state index is 12.8. The van der Waals surface area contributed by atoms with Gasteiger partial charge in [0.25, 0.3) is 0 Å². The van der Waals surface area contributed by atoms with E-state index in [-0.39, 0.29) is 24.1 Å². The van der Waals surface area contributed by atoms with Crippen molar-refractivity contribution in [3.63, 3.8) is 0 Å². The molecule has 0 fully saturated rings. The van der Waals surface area contributed by atoms with Gasteiger partial charge in [-0.2, -0.15) is 0 Å². The van der Waals surface area contributed by atoms with Crippen LogP contribution in [-0.2, 0) is 19.1 Å². The SMILES string of the molecule is CCCCCCCCC(C)(CCCCCCC)OC(=O)CCCCCCCN(CCO)CCCCCCCC(=O)OCCCCCC. The molecule has 0 saturated heterocycles. The summed E-state index contributed by atoms with van der Waals surface area (Å²) in [5.74, 6) is -0.0419. The van der Waals surface area contributed by atoms with Crippen molar-refractivity contribution < 1.29 is 24.2 Å². The number of carbonyl (C=O) groups excluding carboxylic acids is 2. The molecule has 1 N–H and O–H groups in total. The van der Waals surface area contributed by atoms with Crippen LogP contribution in [0.25, 0.3) is 0 Å². The third kappa shape index (κ3) is 31.9. The van der Waals surface area contributed by atoms with Gasteiger partial charge in [-0.1, -0.05) is 136 Å². The molecule has 0 heterocycles. The minimum Gasteiger partial charge on any atom is -0.466 e. The third-order valence-corrected chi connectivity index (χ3v) is 9.62. The molecule has 0 bridgehead atoms. The van der Waals surface area contributed by atoms with E-state index in [1.165, 1.54) is 83.5 Å². The van der Waals surface area contributed by atoms with Gasteiger partial charge < -0.3 is 19.5 Å². The summed E-state index contributed by atoms with van der Waals surface area (Å²) >= 11 is 0. The van der Waals surface area contributed by atoms with E-state index >= 15 is 0 Å². The molecule has 0 aliphatic heterocycles. The van der Waals surface area contributed by atoms with Gasteiger partial charge in [0.2, 0.25) is 0 Å². The normalized spacial score (nSPS) is 12.8. The largest absolute Gasteiger partial charge is 0.466 e. The van der Waals surface area contributed by atoms with E-state index in [0.717, 1.165) is 110 Å². The van der Waals surface area contributed by atoms with Crippen molar-refractivity contribution in [2.75, 3.05) is 32.8 Å². The molecule has 0 rings (SSSR count). The Labute approximate surface area is 292 Å². The Hall–Kier alpha value is -1.14. The highest BCUT2D eigenvalue weighted by Gasteiger charge is 2.27. The van der Waals surface area contributed by atoms with Gasteiger partial charge in [-0.25, -0.2) is 0 Å². The maximum Gasteiger partial charge on any atom is 0.306 e. The fraction of sp³-hybridized carbons (Fsp3) is 0.951. The lowest BCUT2D eigenvalue weighted by Crippen LogP contribution is -2.32. The lowest BCUT2D eigenvalue weighted by atomic mass is 9.91. The van der Waals surface area contributed by atoms with Crippen LogP contribution in [0.3, 0.4) is 0 Å². The lowest BCUT2D eigenvalue weighted by Gasteiger charge is -2.30. The molecule has 0 aromatic heterocycles. The Bertz CT molecular complexity index is 687. The van der Waals surface area contributed by atoms with Crippen LogP contribution < -0.4 is 0 Å². The van der Waals surface area contributed by atoms with E-state index in [9.17, 15) is 14.7 Å². The van der Waals surface area contributed by atoms with Crippen LogP contribution in [0.5, 0.6) is 0 Å². The molecule has 0 amide bonds. The smallest absolute Gasteiger partial charge is 0.306 e. The Morgan fingerprint density at radius 2 is 0.915 bits per heavy atom. The van der Waals surface area contributed by atoms with Crippen molar-refractivity contribution in [3.8, 4) is 0 Å². The zero-order chi connectivity index (χ0) is 34.7. The number of hydrogen-bond acceptors (Lipinski definition) is 6. The zero-order valence-electron chi connectivity index (χ0n) is 32.1. The first-order valence-electron chi connectivity index (χ1n) is 20.6. The van der Waals surface area contributed by atoms with Crippen molar-refractivity contribution in [3.05, 3.63) is 0 Å². The Morgan fingerprint density at radius 1 is 0.511 bits per heavy atom. The van der Waals surface area contributed by atoms with Gasteiger partial charge in [0.15, 0.2) is 0 Å². The molecule has 0 spiro atoms. The first kappa shape index (κ1) is 45.9. The summed E-state index contributed by atoms with van der Waals surface area (Å²) in [7, 11) is 0. The summed E-state index contributed by atoms with van der Waals surface area (Å²) in [5, 5.41) is 9.51. The minimum absolute atomic E-state index is 0.00102. The van der Waals surface area contributed by atoms with Gasteiger partial charge in [0, 0.05) is 19.4 Å². The second kappa shape index (κ2) is 34.7. The maximum absolute atomic E-state index is 12.8. The van der Waals surface area contributed by atoms with Gasteiger partial charge >= 0.3 is 11.9 Å². The van der Waals surface area contributed by atoms with Crippen LogP contribution in [0, 0.1) is 0 Å². The highest BCUT2D eigenvalue weighted by Crippen LogP contribution is 2.28. The van der Waals surface area contributed by atoms with E-state index in [2.05, 4.69) is 32.6 Å². The molecular weight excluding hydrogens is 586 g/mol. The third-order valence-electron chi connectivity index (χ3n) is 9.62.